The van der Waals surface area contributed by atoms with E-state index in [1.165, 1.54) is 54.7 Å². The molecule has 1 heterocycles. The van der Waals surface area contributed by atoms with Crippen LogP contribution in [0.4, 0.5) is 10.1 Å². The van der Waals surface area contributed by atoms with Crippen molar-refractivity contribution in [2.24, 2.45) is 0 Å². The highest BCUT2D eigenvalue weighted by atomic mass is 19.1. The first-order valence-corrected chi connectivity index (χ1v) is 12.0. The van der Waals surface area contributed by atoms with E-state index in [4.69, 9.17) is 0 Å². The van der Waals surface area contributed by atoms with E-state index in [1.807, 2.05) is 24.3 Å². The summed E-state index contributed by atoms with van der Waals surface area (Å²) in [5.41, 5.74) is 1.54. The van der Waals surface area contributed by atoms with Gasteiger partial charge in [-0.15, -0.1) is 0 Å². The summed E-state index contributed by atoms with van der Waals surface area (Å²) < 4.78 is 13.3. The van der Waals surface area contributed by atoms with Gasteiger partial charge >= 0.3 is 0 Å². The fourth-order valence-electron chi connectivity index (χ4n) is 5.32. The third-order valence-electron chi connectivity index (χ3n) is 7.22. The van der Waals surface area contributed by atoms with Crippen molar-refractivity contribution in [3.8, 4) is 0 Å². The number of halogens is 1. The minimum absolute atomic E-state index is 0.183. The second-order valence-electron chi connectivity index (χ2n) is 9.45. The molecule has 1 N–H and O–H groups in total. The molecule has 174 valence electrons. The number of fused-ring (bicyclic) bond motifs is 1. The van der Waals surface area contributed by atoms with Gasteiger partial charge in [-0.2, -0.15) is 0 Å². The Morgan fingerprint density at radius 2 is 1.62 bits per heavy atom. The second-order valence-corrected chi connectivity index (χ2v) is 9.45. The van der Waals surface area contributed by atoms with Crippen LogP contribution in [0.15, 0.2) is 72.8 Å². The molecule has 0 aromatic heterocycles. The maximum absolute atomic E-state index is 13.4. The number of ketones is 1. The molecule has 0 spiro atoms. The molecule has 5 rings (SSSR count). The third kappa shape index (κ3) is 4.16. The van der Waals surface area contributed by atoms with Gasteiger partial charge in [-0.3, -0.25) is 9.59 Å². The van der Waals surface area contributed by atoms with Gasteiger partial charge in [-0.1, -0.05) is 73.9 Å². The van der Waals surface area contributed by atoms with Crippen molar-refractivity contribution in [2.75, 3.05) is 4.90 Å². The first kappa shape index (κ1) is 22.5. The van der Waals surface area contributed by atoms with Crippen LogP contribution in [0.1, 0.15) is 71.5 Å². The number of para-hydroxylation sites is 1. The molecular formula is C29H28FNO3. The first-order chi connectivity index (χ1) is 16.5. The maximum atomic E-state index is 13.4. The summed E-state index contributed by atoms with van der Waals surface area (Å²) in [7, 11) is 0. The van der Waals surface area contributed by atoms with Crippen molar-refractivity contribution in [2.45, 2.75) is 56.6 Å². The lowest BCUT2D eigenvalue weighted by Gasteiger charge is -2.23. The molecule has 4 nitrogen and oxygen atoms in total. The number of hydrogen-bond donors (Lipinski definition) is 1. The van der Waals surface area contributed by atoms with Crippen molar-refractivity contribution < 1.29 is 19.1 Å². The van der Waals surface area contributed by atoms with Gasteiger partial charge in [0.05, 0.1) is 18.7 Å². The Balaban J connectivity index is 1.37. The average molecular weight is 458 g/mol. The molecule has 1 fully saturated rings. The lowest BCUT2D eigenvalue weighted by atomic mass is 9.83. The van der Waals surface area contributed by atoms with Crippen molar-refractivity contribution >= 4 is 17.4 Å². The predicted molar refractivity (Wildman–Crippen MR) is 129 cm³/mol. The lowest BCUT2D eigenvalue weighted by Crippen LogP contribution is -2.41. The quantitative estimate of drug-likeness (QED) is 0.470. The minimum atomic E-state index is -1.93. The van der Waals surface area contributed by atoms with Crippen LogP contribution < -0.4 is 4.90 Å². The van der Waals surface area contributed by atoms with Gasteiger partial charge in [-0.25, -0.2) is 4.39 Å². The zero-order valence-electron chi connectivity index (χ0n) is 19.0. The number of anilines is 1. The molecule has 1 aliphatic heterocycles. The molecule has 0 unspecified atom stereocenters. The fourth-order valence-corrected chi connectivity index (χ4v) is 5.32. The Labute approximate surface area is 199 Å². The van der Waals surface area contributed by atoms with E-state index in [2.05, 4.69) is 0 Å². The highest BCUT2D eigenvalue weighted by molar-refractivity contribution is 6.10. The van der Waals surface area contributed by atoms with Gasteiger partial charge in [0.25, 0.3) is 5.91 Å². The molecule has 1 amide bonds. The van der Waals surface area contributed by atoms with Crippen LogP contribution in [-0.2, 0) is 16.9 Å². The van der Waals surface area contributed by atoms with Crippen LogP contribution >= 0.6 is 0 Å². The van der Waals surface area contributed by atoms with Crippen LogP contribution in [0.25, 0.3) is 0 Å². The lowest BCUT2D eigenvalue weighted by molar-refractivity contribution is -0.136. The van der Waals surface area contributed by atoms with Crippen molar-refractivity contribution in [3.05, 3.63) is 101 Å². The zero-order chi connectivity index (χ0) is 23.7. The average Bonchev–Trinajstić information content (AvgIpc) is 3.08. The predicted octanol–water partition coefficient (Wildman–Crippen LogP) is 5.88. The smallest absolute Gasteiger partial charge is 0.264 e. The molecule has 2 aliphatic rings. The van der Waals surface area contributed by atoms with Crippen molar-refractivity contribution in [1.29, 1.82) is 0 Å². The number of amides is 1. The number of nitrogens with zero attached hydrogens (tertiary/aromatic N) is 1. The highest BCUT2D eigenvalue weighted by Gasteiger charge is 2.50. The van der Waals surface area contributed by atoms with E-state index in [9.17, 15) is 19.1 Å². The minimum Gasteiger partial charge on any atom is -0.375 e. The summed E-state index contributed by atoms with van der Waals surface area (Å²) >= 11 is 0. The molecule has 0 bridgehead atoms. The Bertz CT molecular complexity index is 1200. The molecule has 1 saturated carbocycles. The number of benzene rings is 3. The summed E-state index contributed by atoms with van der Waals surface area (Å²) in [6.45, 7) is 0.183. The van der Waals surface area contributed by atoms with E-state index in [-0.39, 0.29) is 24.6 Å². The highest BCUT2D eigenvalue weighted by Crippen LogP contribution is 2.43. The summed E-state index contributed by atoms with van der Waals surface area (Å²) in [5, 5.41) is 11.5. The Kier molecular flexibility index (Phi) is 6.05. The maximum Gasteiger partial charge on any atom is 0.264 e. The Hall–Kier alpha value is -3.31. The van der Waals surface area contributed by atoms with E-state index >= 15 is 0 Å². The zero-order valence-corrected chi connectivity index (χ0v) is 19.0. The molecule has 34 heavy (non-hydrogen) atoms. The topological polar surface area (TPSA) is 57.6 Å². The third-order valence-corrected chi connectivity index (χ3v) is 7.22. The van der Waals surface area contributed by atoms with Crippen LogP contribution in [0.5, 0.6) is 0 Å². The number of carbonyl (C=O) groups excluding carboxylic acids is 2. The van der Waals surface area contributed by atoms with Gasteiger partial charge in [0.1, 0.15) is 5.82 Å². The van der Waals surface area contributed by atoms with E-state index < -0.39 is 11.5 Å². The van der Waals surface area contributed by atoms with Gasteiger partial charge in [-0.05, 0) is 48.1 Å². The number of aliphatic hydroxyl groups is 1. The van der Waals surface area contributed by atoms with Gasteiger partial charge in [0.2, 0.25) is 0 Å². The summed E-state index contributed by atoms with van der Waals surface area (Å²) in [6.07, 6.45) is 5.82. The Morgan fingerprint density at radius 3 is 2.32 bits per heavy atom. The number of carbonyl (C=O) groups is 2. The molecule has 1 atom stereocenters. The second kappa shape index (κ2) is 9.15. The largest absolute Gasteiger partial charge is 0.375 e. The van der Waals surface area contributed by atoms with Gasteiger partial charge < -0.3 is 10.0 Å². The number of Topliss-reactive ketones (excluding diaryl/α,β-unsaturated/α-hetero) is 1. The van der Waals surface area contributed by atoms with E-state index in [0.717, 1.165) is 5.56 Å². The van der Waals surface area contributed by atoms with Crippen LogP contribution in [0.2, 0.25) is 0 Å². The normalized spacial score (nSPS) is 20.4. The summed E-state index contributed by atoms with van der Waals surface area (Å²) in [4.78, 5) is 28.1. The fraction of sp³-hybridized carbons (Fsp3) is 0.310. The molecular weight excluding hydrogens is 429 g/mol. The van der Waals surface area contributed by atoms with Crippen molar-refractivity contribution in [1.82, 2.24) is 0 Å². The van der Waals surface area contributed by atoms with Crippen molar-refractivity contribution in [3.63, 3.8) is 0 Å². The number of rotatable bonds is 6. The van der Waals surface area contributed by atoms with Gasteiger partial charge in [0, 0.05) is 11.1 Å². The van der Waals surface area contributed by atoms with Gasteiger partial charge in [0.15, 0.2) is 11.4 Å². The number of hydrogen-bond acceptors (Lipinski definition) is 3. The van der Waals surface area contributed by atoms with Crippen LogP contribution in [0.3, 0.4) is 0 Å². The molecule has 3 aromatic rings. The van der Waals surface area contributed by atoms with Crippen LogP contribution in [0, 0.1) is 5.82 Å². The van der Waals surface area contributed by atoms with E-state index in [1.54, 1.807) is 36.4 Å². The molecule has 0 saturated heterocycles. The summed E-state index contributed by atoms with van der Waals surface area (Å²) in [5.74, 6) is -0.617. The molecule has 0 radical (unpaired) electrons. The molecule has 1 aliphatic carbocycles. The SMILES string of the molecule is O=C(C[C@@]1(O)C(=O)N(Cc2ccc(F)cc2)c2ccccc21)c1ccc(C2CCCCC2)cc1. The standard InChI is InChI=1S/C29H28FNO3/c30-24-16-10-20(11-17-24)19-31-26-9-5-4-8-25(26)29(34,28(31)33)18-27(32)23-14-12-22(13-15-23)21-6-2-1-3-7-21/h4-5,8-17,21,34H,1-3,6-7,18-19H2/t29-/m0/s1. The monoisotopic (exact) mass is 457 g/mol. The molecule has 5 heteroatoms. The first-order valence-electron chi connectivity index (χ1n) is 12.0. The summed E-state index contributed by atoms with van der Waals surface area (Å²) in [6, 6.07) is 20.6. The van der Waals surface area contributed by atoms with Crippen LogP contribution in [-0.4, -0.2) is 16.8 Å². The van der Waals surface area contributed by atoms with E-state index in [0.29, 0.717) is 22.7 Å². The Morgan fingerprint density at radius 1 is 0.941 bits per heavy atom. The molecule has 3 aromatic carbocycles.